The number of carbonyl (C=O) groups is 1. The van der Waals surface area contributed by atoms with Gasteiger partial charge in [-0.15, -0.1) is 0 Å². The zero-order chi connectivity index (χ0) is 53.8. The third-order valence-electron chi connectivity index (χ3n) is 13.3. The summed E-state index contributed by atoms with van der Waals surface area (Å²) in [6.45, 7) is 3.97. The smallest absolute Gasteiger partial charge is 0.397 e. The van der Waals surface area contributed by atoms with Crippen LogP contribution in [-0.4, -0.2) is 97.5 Å². The van der Waals surface area contributed by atoms with Gasteiger partial charge in [0.25, 0.3) is 0 Å². The molecule has 74 heavy (non-hydrogen) atoms. The second-order valence-corrected chi connectivity index (χ2v) is 21.3. The van der Waals surface area contributed by atoms with E-state index in [1.54, 1.807) is 0 Å². The van der Waals surface area contributed by atoms with Gasteiger partial charge in [0, 0.05) is 13.0 Å². The summed E-state index contributed by atoms with van der Waals surface area (Å²) in [6.07, 6.45) is 59.3. The van der Waals surface area contributed by atoms with Crippen LogP contribution < -0.4 is 0 Å². The highest BCUT2D eigenvalue weighted by Crippen LogP contribution is 2.26. The third kappa shape index (κ3) is 43.6. The number of unbranched alkanes of at least 4 members (excludes halogenated alkanes) is 27. The molecule has 6 atom stereocenters. The van der Waals surface area contributed by atoms with E-state index in [9.17, 15) is 33.1 Å². The van der Waals surface area contributed by atoms with Crippen LogP contribution in [0.5, 0.6) is 0 Å². The predicted octanol–water partition coefficient (Wildman–Crippen LogP) is 15.0. The van der Waals surface area contributed by atoms with Gasteiger partial charge in [-0.25, -0.2) is 4.18 Å². The van der Waals surface area contributed by atoms with Crippen molar-refractivity contribution in [3.05, 3.63) is 72.9 Å². The summed E-state index contributed by atoms with van der Waals surface area (Å²) in [7, 11) is -5.07. The predicted molar refractivity (Wildman–Crippen MR) is 303 cm³/mol. The molecule has 0 aromatic heterocycles. The molecule has 0 aromatic rings. The van der Waals surface area contributed by atoms with Crippen molar-refractivity contribution in [1.29, 1.82) is 0 Å². The Kier molecular flexibility index (Phi) is 48.2. The Morgan fingerprint density at radius 3 is 1.30 bits per heavy atom. The molecule has 6 unspecified atom stereocenters. The summed E-state index contributed by atoms with van der Waals surface area (Å²) < 4.78 is 59.5. The molecular weight excluding hydrogens is 957 g/mol. The van der Waals surface area contributed by atoms with Crippen molar-refractivity contribution in [2.24, 2.45) is 0 Å². The SMILES string of the molecule is CCCCCCC/C=C\C/C=C\C/C=C\CCCCCCCCCCCOCC(COC1OC(CO)C(O)C(OS(=O)(=O)O)C1O)OC(=O)CCCCCCCCCC/C=C\C/C=C\C/C=C\CCCCCCC. The minimum Gasteiger partial charge on any atom is -0.457 e. The maximum absolute atomic E-state index is 13.0. The monoisotopic (exact) mass is 1060 g/mol. The number of aliphatic hydroxyl groups is 3. The van der Waals surface area contributed by atoms with Crippen molar-refractivity contribution in [3.63, 3.8) is 0 Å². The number of hydrogen-bond acceptors (Lipinski definition) is 11. The molecule has 13 heteroatoms. The molecule has 1 heterocycles. The highest BCUT2D eigenvalue weighted by Gasteiger charge is 2.48. The maximum Gasteiger partial charge on any atom is 0.397 e. The lowest BCUT2D eigenvalue weighted by Gasteiger charge is -2.41. The van der Waals surface area contributed by atoms with E-state index in [2.05, 4.69) is 90.9 Å². The van der Waals surface area contributed by atoms with Crippen LogP contribution in [0.3, 0.4) is 0 Å². The van der Waals surface area contributed by atoms with Gasteiger partial charge in [0.05, 0.1) is 19.8 Å². The van der Waals surface area contributed by atoms with E-state index in [1.807, 2.05) is 0 Å². The minimum absolute atomic E-state index is 0.0262. The fourth-order valence-electron chi connectivity index (χ4n) is 8.81. The fourth-order valence-corrected chi connectivity index (χ4v) is 9.31. The summed E-state index contributed by atoms with van der Waals surface area (Å²) in [6, 6.07) is 0. The minimum atomic E-state index is -5.07. The molecule has 0 aromatic carbocycles. The van der Waals surface area contributed by atoms with Crippen molar-refractivity contribution in [2.75, 3.05) is 26.4 Å². The molecule has 0 amide bonds. The van der Waals surface area contributed by atoms with Crippen LogP contribution in [0, 0.1) is 0 Å². The Morgan fingerprint density at radius 2 is 0.892 bits per heavy atom. The molecule has 0 saturated carbocycles. The highest BCUT2D eigenvalue weighted by molar-refractivity contribution is 7.80. The maximum atomic E-state index is 13.0. The molecule has 1 rings (SSSR count). The molecule has 0 aliphatic carbocycles. The van der Waals surface area contributed by atoms with Gasteiger partial charge in [0.15, 0.2) is 6.29 Å². The van der Waals surface area contributed by atoms with Gasteiger partial charge < -0.3 is 34.3 Å². The second-order valence-electron chi connectivity index (χ2n) is 20.2. The Bertz CT molecular complexity index is 1560. The van der Waals surface area contributed by atoms with Crippen LogP contribution in [-0.2, 0) is 38.3 Å². The summed E-state index contributed by atoms with van der Waals surface area (Å²) in [5.41, 5.74) is 0. The first kappa shape index (κ1) is 69.6. The number of hydrogen-bond donors (Lipinski definition) is 4. The van der Waals surface area contributed by atoms with Crippen molar-refractivity contribution < 1.29 is 56.2 Å². The van der Waals surface area contributed by atoms with E-state index in [0.717, 1.165) is 77.0 Å². The summed E-state index contributed by atoms with van der Waals surface area (Å²) in [5, 5.41) is 30.9. The average Bonchev–Trinajstić information content (AvgIpc) is 3.38. The topological polar surface area (TPSA) is 178 Å². The van der Waals surface area contributed by atoms with Crippen LogP contribution in [0.1, 0.15) is 245 Å². The third-order valence-corrected chi connectivity index (χ3v) is 13.8. The van der Waals surface area contributed by atoms with E-state index in [1.165, 1.54) is 141 Å². The summed E-state index contributed by atoms with van der Waals surface area (Å²) in [5.74, 6) is -0.408. The molecule has 1 aliphatic heterocycles. The van der Waals surface area contributed by atoms with Crippen molar-refractivity contribution in [3.8, 4) is 0 Å². The van der Waals surface area contributed by atoms with Crippen LogP contribution in [0.2, 0.25) is 0 Å². The van der Waals surface area contributed by atoms with E-state index in [-0.39, 0.29) is 19.6 Å². The molecule has 0 bridgehead atoms. The zero-order valence-corrected chi connectivity index (χ0v) is 47.5. The molecule has 0 spiro atoms. The van der Waals surface area contributed by atoms with Gasteiger partial charge in [-0.05, 0) is 89.9 Å². The average molecular weight is 1070 g/mol. The van der Waals surface area contributed by atoms with Crippen molar-refractivity contribution in [2.45, 2.75) is 282 Å². The number of rotatable bonds is 52. The number of carbonyl (C=O) groups excluding carboxylic acids is 1. The van der Waals surface area contributed by atoms with Crippen molar-refractivity contribution >= 4 is 16.4 Å². The quantitative estimate of drug-likeness (QED) is 0.0196. The molecule has 430 valence electrons. The number of aliphatic hydroxyl groups excluding tert-OH is 3. The van der Waals surface area contributed by atoms with Gasteiger partial charge in [-0.1, -0.05) is 222 Å². The van der Waals surface area contributed by atoms with Crippen LogP contribution in [0.25, 0.3) is 0 Å². The molecule has 1 saturated heterocycles. The Morgan fingerprint density at radius 1 is 0.514 bits per heavy atom. The van der Waals surface area contributed by atoms with Crippen LogP contribution >= 0.6 is 0 Å². The van der Waals surface area contributed by atoms with Gasteiger partial charge in [-0.3, -0.25) is 9.35 Å². The standard InChI is InChI=1S/C61H108O12S/c1-3-5-7-9-11-13-15-17-19-21-23-25-27-29-31-33-35-37-39-41-43-45-47-49-51-69-53-55(54-70-61-59(65)60(73-74(66,67)68)58(64)56(52-62)72-61)71-57(63)50-48-46-44-42-40-38-36-34-32-30-28-26-24-22-20-18-16-14-12-10-8-6-4-2/h15-18,21-24,27-30,55-56,58-62,64-65H,3-14,19-20,25-26,31-54H2,1-2H3,(H,66,67,68)/b17-15-,18-16-,23-21-,24-22-,29-27-,30-28-. The van der Waals surface area contributed by atoms with E-state index >= 15 is 0 Å². The van der Waals surface area contributed by atoms with E-state index in [0.29, 0.717) is 13.0 Å². The summed E-state index contributed by atoms with van der Waals surface area (Å²) >= 11 is 0. The fraction of sp³-hybridized carbons (Fsp3) is 0.787. The van der Waals surface area contributed by atoms with Crippen LogP contribution in [0.15, 0.2) is 72.9 Å². The molecule has 0 radical (unpaired) electrons. The van der Waals surface area contributed by atoms with Gasteiger partial charge in [0.2, 0.25) is 0 Å². The van der Waals surface area contributed by atoms with Crippen molar-refractivity contribution in [1.82, 2.24) is 0 Å². The first-order valence-corrected chi connectivity index (χ1v) is 31.1. The largest absolute Gasteiger partial charge is 0.457 e. The van der Waals surface area contributed by atoms with E-state index in [4.69, 9.17) is 18.9 Å². The van der Waals surface area contributed by atoms with Gasteiger partial charge in [0.1, 0.15) is 30.5 Å². The second kappa shape index (κ2) is 51.3. The summed E-state index contributed by atoms with van der Waals surface area (Å²) in [4.78, 5) is 13.0. The van der Waals surface area contributed by atoms with Gasteiger partial charge >= 0.3 is 16.4 Å². The lowest BCUT2D eigenvalue weighted by Crippen LogP contribution is -2.60. The lowest BCUT2D eigenvalue weighted by molar-refractivity contribution is -0.301. The van der Waals surface area contributed by atoms with Gasteiger partial charge in [-0.2, -0.15) is 8.42 Å². The molecule has 12 nitrogen and oxygen atoms in total. The first-order chi connectivity index (χ1) is 36.1. The molecule has 4 N–H and O–H groups in total. The molecular formula is C61H108O12S. The zero-order valence-electron chi connectivity index (χ0n) is 46.6. The first-order valence-electron chi connectivity index (χ1n) is 29.7. The Hall–Kier alpha value is -2.46. The Labute approximate surface area is 451 Å². The van der Waals surface area contributed by atoms with Crippen LogP contribution in [0.4, 0.5) is 0 Å². The highest BCUT2D eigenvalue weighted by atomic mass is 32.3. The molecule has 1 fully saturated rings. The number of allylic oxidation sites excluding steroid dienone is 12. The van der Waals surface area contributed by atoms with E-state index < -0.39 is 59.8 Å². The number of esters is 1. The Balaban J connectivity index is 2.31. The molecule has 1 aliphatic rings. The number of ether oxygens (including phenoxy) is 4. The normalized spacial score (nSPS) is 19.2. The lowest BCUT2D eigenvalue weighted by atomic mass is 9.99.